The first-order chi connectivity index (χ1) is 11.5. The van der Waals surface area contributed by atoms with Crippen LogP contribution in [0.15, 0.2) is 47.3 Å². The van der Waals surface area contributed by atoms with Crippen molar-refractivity contribution >= 4 is 10.9 Å². The molecule has 3 aromatic rings. The van der Waals surface area contributed by atoms with Crippen LogP contribution in [0.3, 0.4) is 0 Å². The SMILES string of the molecule is Cc1ccc2cc(CNCCc3ccc(F)cc3)c(=O)[nH]c2c1C. The number of aromatic nitrogens is 1. The van der Waals surface area contributed by atoms with Gasteiger partial charge in [0.25, 0.3) is 5.56 Å². The Balaban J connectivity index is 1.67. The van der Waals surface area contributed by atoms with Crippen LogP contribution in [-0.2, 0) is 13.0 Å². The molecule has 0 atom stereocenters. The Morgan fingerprint density at radius 1 is 1.08 bits per heavy atom. The molecule has 0 saturated carbocycles. The standard InChI is InChI=1S/C20H21FN2O/c1-13-3-6-16-11-17(20(24)23-19(16)14(13)2)12-22-10-9-15-4-7-18(21)8-5-15/h3-8,11,22H,9-10,12H2,1-2H3,(H,23,24). The number of hydrogen-bond acceptors (Lipinski definition) is 2. The smallest absolute Gasteiger partial charge is 0.252 e. The molecule has 0 saturated heterocycles. The van der Waals surface area contributed by atoms with Gasteiger partial charge in [0.1, 0.15) is 5.82 Å². The van der Waals surface area contributed by atoms with Gasteiger partial charge in [0.05, 0.1) is 5.52 Å². The third kappa shape index (κ3) is 3.54. The van der Waals surface area contributed by atoms with Crippen LogP contribution in [0.5, 0.6) is 0 Å². The van der Waals surface area contributed by atoms with E-state index >= 15 is 0 Å². The molecule has 3 rings (SSSR count). The predicted molar refractivity (Wildman–Crippen MR) is 95.9 cm³/mol. The van der Waals surface area contributed by atoms with Crippen LogP contribution in [0.25, 0.3) is 10.9 Å². The average Bonchev–Trinajstić information content (AvgIpc) is 2.58. The summed E-state index contributed by atoms with van der Waals surface area (Å²) < 4.78 is 12.9. The van der Waals surface area contributed by atoms with E-state index in [9.17, 15) is 9.18 Å². The van der Waals surface area contributed by atoms with E-state index in [0.29, 0.717) is 6.54 Å². The van der Waals surface area contributed by atoms with Crippen LogP contribution >= 0.6 is 0 Å². The largest absolute Gasteiger partial charge is 0.321 e. The summed E-state index contributed by atoms with van der Waals surface area (Å²) in [4.78, 5) is 15.3. The molecule has 0 fully saturated rings. The van der Waals surface area contributed by atoms with Crippen molar-refractivity contribution in [3.63, 3.8) is 0 Å². The summed E-state index contributed by atoms with van der Waals surface area (Å²) in [5, 5.41) is 4.33. The predicted octanol–water partition coefficient (Wildman–Crippen LogP) is 3.62. The van der Waals surface area contributed by atoms with E-state index in [4.69, 9.17) is 0 Å². The third-order valence-electron chi connectivity index (χ3n) is 4.45. The van der Waals surface area contributed by atoms with Gasteiger partial charge >= 0.3 is 0 Å². The number of H-pyrrole nitrogens is 1. The Morgan fingerprint density at radius 2 is 1.83 bits per heavy atom. The molecule has 4 heteroatoms. The van der Waals surface area contributed by atoms with E-state index in [-0.39, 0.29) is 11.4 Å². The first kappa shape index (κ1) is 16.4. The van der Waals surface area contributed by atoms with Crippen LogP contribution < -0.4 is 10.9 Å². The van der Waals surface area contributed by atoms with Gasteiger partial charge < -0.3 is 10.3 Å². The lowest BCUT2D eigenvalue weighted by atomic mass is 10.0. The fraction of sp³-hybridized carbons (Fsp3) is 0.250. The molecule has 124 valence electrons. The molecule has 0 aliphatic carbocycles. The second-order valence-electron chi connectivity index (χ2n) is 6.15. The minimum Gasteiger partial charge on any atom is -0.321 e. The van der Waals surface area contributed by atoms with Crippen LogP contribution in [0.2, 0.25) is 0 Å². The molecule has 3 nitrogen and oxygen atoms in total. The number of aromatic amines is 1. The number of aryl methyl sites for hydroxylation is 2. The minimum absolute atomic E-state index is 0.0505. The number of halogens is 1. The summed E-state index contributed by atoms with van der Waals surface area (Å²) in [5.74, 6) is -0.222. The third-order valence-corrected chi connectivity index (χ3v) is 4.45. The summed E-state index contributed by atoms with van der Waals surface area (Å²) in [5.41, 5.74) is 4.94. The molecule has 1 heterocycles. The maximum Gasteiger partial charge on any atom is 0.252 e. The Labute approximate surface area is 140 Å². The van der Waals surface area contributed by atoms with Gasteiger partial charge in [0.2, 0.25) is 0 Å². The monoisotopic (exact) mass is 324 g/mol. The fourth-order valence-electron chi connectivity index (χ4n) is 2.81. The molecule has 0 radical (unpaired) electrons. The van der Waals surface area contributed by atoms with Gasteiger partial charge in [-0.15, -0.1) is 0 Å². The van der Waals surface area contributed by atoms with Crippen molar-refractivity contribution in [1.29, 1.82) is 0 Å². The van der Waals surface area contributed by atoms with Crippen LogP contribution in [0.1, 0.15) is 22.3 Å². The summed E-state index contributed by atoms with van der Waals surface area (Å²) in [6.07, 6.45) is 0.796. The van der Waals surface area contributed by atoms with Gasteiger partial charge in [-0.05, 0) is 67.1 Å². The lowest BCUT2D eigenvalue weighted by Gasteiger charge is -2.09. The molecule has 1 aromatic heterocycles. The Bertz CT molecular complexity index is 913. The number of nitrogens with one attached hydrogen (secondary N) is 2. The van der Waals surface area contributed by atoms with Crippen LogP contribution in [-0.4, -0.2) is 11.5 Å². The lowest BCUT2D eigenvalue weighted by molar-refractivity contribution is 0.626. The zero-order valence-electron chi connectivity index (χ0n) is 13.9. The zero-order chi connectivity index (χ0) is 17.1. The van der Waals surface area contributed by atoms with E-state index in [0.717, 1.165) is 40.6 Å². The quantitative estimate of drug-likeness (QED) is 0.704. The molecule has 0 aliphatic heterocycles. The zero-order valence-corrected chi connectivity index (χ0v) is 13.9. The lowest BCUT2D eigenvalue weighted by Crippen LogP contribution is -2.23. The van der Waals surface area contributed by atoms with E-state index in [2.05, 4.69) is 16.4 Å². The fourth-order valence-corrected chi connectivity index (χ4v) is 2.81. The molecule has 2 aromatic carbocycles. The number of benzene rings is 2. The van der Waals surface area contributed by atoms with Gasteiger partial charge in [-0.25, -0.2) is 4.39 Å². The molecule has 0 bridgehead atoms. The topological polar surface area (TPSA) is 44.9 Å². The first-order valence-corrected chi connectivity index (χ1v) is 8.12. The molecule has 0 amide bonds. The van der Waals surface area contributed by atoms with Crippen LogP contribution in [0.4, 0.5) is 4.39 Å². The highest BCUT2D eigenvalue weighted by molar-refractivity contribution is 5.83. The molecule has 0 unspecified atom stereocenters. The summed E-state index contributed by atoms with van der Waals surface area (Å²) >= 11 is 0. The first-order valence-electron chi connectivity index (χ1n) is 8.12. The summed E-state index contributed by atoms with van der Waals surface area (Å²) in [7, 11) is 0. The van der Waals surface area contributed by atoms with Crippen molar-refractivity contribution in [2.24, 2.45) is 0 Å². The second kappa shape index (κ2) is 6.97. The highest BCUT2D eigenvalue weighted by Crippen LogP contribution is 2.18. The van der Waals surface area contributed by atoms with Crippen molar-refractivity contribution in [1.82, 2.24) is 10.3 Å². The number of rotatable bonds is 5. The highest BCUT2D eigenvalue weighted by Gasteiger charge is 2.06. The Morgan fingerprint density at radius 3 is 2.58 bits per heavy atom. The van der Waals surface area contributed by atoms with Gasteiger partial charge in [-0.2, -0.15) is 0 Å². The molecule has 0 spiro atoms. The van der Waals surface area contributed by atoms with Crippen molar-refractivity contribution in [2.45, 2.75) is 26.8 Å². The molecular weight excluding hydrogens is 303 g/mol. The van der Waals surface area contributed by atoms with Crippen molar-refractivity contribution < 1.29 is 4.39 Å². The van der Waals surface area contributed by atoms with Gasteiger partial charge in [-0.3, -0.25) is 4.79 Å². The highest BCUT2D eigenvalue weighted by atomic mass is 19.1. The molecule has 24 heavy (non-hydrogen) atoms. The van der Waals surface area contributed by atoms with E-state index in [1.54, 1.807) is 12.1 Å². The Kier molecular flexibility index (Phi) is 4.76. The van der Waals surface area contributed by atoms with E-state index in [1.165, 1.54) is 17.7 Å². The molecular formula is C20H21FN2O. The normalized spacial score (nSPS) is 11.1. The second-order valence-corrected chi connectivity index (χ2v) is 6.15. The van der Waals surface area contributed by atoms with Crippen molar-refractivity contribution in [3.8, 4) is 0 Å². The van der Waals surface area contributed by atoms with Crippen LogP contribution in [0, 0.1) is 19.7 Å². The number of pyridine rings is 1. The van der Waals surface area contributed by atoms with E-state index < -0.39 is 0 Å². The summed E-state index contributed by atoms with van der Waals surface area (Å²) in [6.45, 7) is 5.31. The van der Waals surface area contributed by atoms with Gasteiger partial charge in [0, 0.05) is 12.1 Å². The van der Waals surface area contributed by atoms with Crippen molar-refractivity contribution in [3.05, 3.63) is 80.9 Å². The Hall–Kier alpha value is -2.46. The maximum atomic E-state index is 12.9. The van der Waals surface area contributed by atoms with Gasteiger partial charge in [-0.1, -0.05) is 24.3 Å². The number of hydrogen-bond donors (Lipinski definition) is 2. The summed E-state index contributed by atoms with van der Waals surface area (Å²) in [6, 6.07) is 12.6. The maximum absolute atomic E-state index is 12.9. The number of fused-ring (bicyclic) bond motifs is 1. The molecule has 2 N–H and O–H groups in total. The average molecular weight is 324 g/mol. The van der Waals surface area contributed by atoms with E-state index in [1.807, 2.05) is 26.0 Å². The minimum atomic E-state index is -0.222. The molecule has 0 aliphatic rings. The van der Waals surface area contributed by atoms with Gasteiger partial charge in [0.15, 0.2) is 0 Å². The van der Waals surface area contributed by atoms with Crippen molar-refractivity contribution in [2.75, 3.05) is 6.54 Å².